The van der Waals surface area contributed by atoms with Gasteiger partial charge < -0.3 is 4.57 Å². The molecule has 1 aromatic heterocycles. The summed E-state index contributed by atoms with van der Waals surface area (Å²) in [4.78, 5) is 0. The van der Waals surface area contributed by atoms with Crippen molar-refractivity contribution in [2.75, 3.05) is 0 Å². The summed E-state index contributed by atoms with van der Waals surface area (Å²) in [6.45, 7) is 7.73. The molecule has 1 unspecified atom stereocenters. The zero-order valence-corrected chi connectivity index (χ0v) is 8.62. The van der Waals surface area contributed by atoms with Crippen molar-refractivity contribution in [3.05, 3.63) is 11.6 Å². The summed E-state index contributed by atoms with van der Waals surface area (Å²) in [5.74, 6) is 3.82. The number of hydrogen-bond acceptors (Lipinski definition) is 2. The SMILES string of the molecule is Cc1nnc2n1CCC(C(C)C)C2. The van der Waals surface area contributed by atoms with Gasteiger partial charge in [0, 0.05) is 13.0 Å². The maximum absolute atomic E-state index is 4.20. The van der Waals surface area contributed by atoms with E-state index in [0.29, 0.717) is 0 Å². The molecule has 0 saturated carbocycles. The smallest absolute Gasteiger partial charge is 0.133 e. The molecule has 0 radical (unpaired) electrons. The highest BCUT2D eigenvalue weighted by atomic mass is 15.3. The number of hydrogen-bond donors (Lipinski definition) is 0. The fourth-order valence-electron chi connectivity index (χ4n) is 2.07. The molecule has 2 heterocycles. The van der Waals surface area contributed by atoms with Gasteiger partial charge in [0.05, 0.1) is 0 Å². The Hall–Kier alpha value is -0.860. The molecule has 2 rings (SSSR count). The molecule has 13 heavy (non-hydrogen) atoms. The van der Waals surface area contributed by atoms with Crippen LogP contribution in [0.2, 0.25) is 0 Å². The van der Waals surface area contributed by atoms with E-state index in [2.05, 4.69) is 28.6 Å². The number of fused-ring (bicyclic) bond motifs is 1. The molecule has 0 aromatic carbocycles. The second-order valence-electron chi connectivity index (χ2n) is 4.31. The summed E-state index contributed by atoms with van der Waals surface area (Å²) in [6.07, 6.45) is 2.39. The van der Waals surface area contributed by atoms with Crippen molar-refractivity contribution in [3.63, 3.8) is 0 Å². The first-order valence-electron chi connectivity index (χ1n) is 5.07. The molecule has 0 amide bonds. The lowest BCUT2D eigenvalue weighted by atomic mass is 9.87. The number of aromatic nitrogens is 3. The molecule has 3 nitrogen and oxygen atoms in total. The van der Waals surface area contributed by atoms with E-state index in [1.54, 1.807) is 0 Å². The third kappa shape index (κ3) is 1.47. The highest BCUT2D eigenvalue weighted by Gasteiger charge is 2.23. The monoisotopic (exact) mass is 179 g/mol. The van der Waals surface area contributed by atoms with Crippen molar-refractivity contribution in [2.45, 2.75) is 40.2 Å². The first kappa shape index (κ1) is 8.73. The third-order valence-corrected chi connectivity index (χ3v) is 3.12. The number of aryl methyl sites for hydroxylation is 1. The summed E-state index contributed by atoms with van der Waals surface area (Å²) in [5, 5.41) is 8.31. The van der Waals surface area contributed by atoms with E-state index in [-0.39, 0.29) is 0 Å². The average Bonchev–Trinajstić information content (AvgIpc) is 2.47. The van der Waals surface area contributed by atoms with Crippen molar-refractivity contribution in [2.24, 2.45) is 11.8 Å². The van der Waals surface area contributed by atoms with Crippen LogP contribution in [-0.2, 0) is 13.0 Å². The highest BCUT2D eigenvalue weighted by molar-refractivity contribution is 4.99. The minimum absolute atomic E-state index is 0.769. The largest absolute Gasteiger partial charge is 0.315 e. The Kier molecular flexibility index (Phi) is 2.10. The Bertz CT molecular complexity index is 301. The lowest BCUT2D eigenvalue weighted by Crippen LogP contribution is -2.23. The Balaban J connectivity index is 2.21. The molecule has 1 atom stereocenters. The van der Waals surface area contributed by atoms with E-state index >= 15 is 0 Å². The van der Waals surface area contributed by atoms with E-state index in [9.17, 15) is 0 Å². The van der Waals surface area contributed by atoms with Crippen LogP contribution in [0, 0.1) is 18.8 Å². The van der Waals surface area contributed by atoms with Gasteiger partial charge in [-0.25, -0.2) is 0 Å². The van der Waals surface area contributed by atoms with Crippen molar-refractivity contribution in [3.8, 4) is 0 Å². The molecule has 3 heteroatoms. The molecular formula is C10H17N3. The van der Waals surface area contributed by atoms with E-state index in [1.807, 2.05) is 6.92 Å². The summed E-state index contributed by atoms with van der Waals surface area (Å²) in [5.41, 5.74) is 0. The van der Waals surface area contributed by atoms with Crippen LogP contribution in [0.25, 0.3) is 0 Å². The second-order valence-corrected chi connectivity index (χ2v) is 4.31. The van der Waals surface area contributed by atoms with Crippen LogP contribution in [-0.4, -0.2) is 14.8 Å². The van der Waals surface area contributed by atoms with Gasteiger partial charge in [0.25, 0.3) is 0 Å². The molecular weight excluding hydrogens is 162 g/mol. The molecule has 0 bridgehead atoms. The first-order chi connectivity index (χ1) is 6.18. The fourth-order valence-corrected chi connectivity index (χ4v) is 2.07. The zero-order chi connectivity index (χ0) is 9.42. The van der Waals surface area contributed by atoms with Gasteiger partial charge in [0.1, 0.15) is 11.6 Å². The van der Waals surface area contributed by atoms with Gasteiger partial charge in [-0.2, -0.15) is 0 Å². The van der Waals surface area contributed by atoms with Gasteiger partial charge in [-0.15, -0.1) is 10.2 Å². The van der Waals surface area contributed by atoms with Gasteiger partial charge in [0.2, 0.25) is 0 Å². The first-order valence-corrected chi connectivity index (χ1v) is 5.07. The predicted octanol–water partition coefficient (Wildman–Crippen LogP) is 1.80. The van der Waals surface area contributed by atoms with E-state index < -0.39 is 0 Å². The maximum atomic E-state index is 4.20. The average molecular weight is 179 g/mol. The Morgan fingerprint density at radius 2 is 2.15 bits per heavy atom. The molecule has 1 aromatic rings. The second kappa shape index (κ2) is 3.13. The fraction of sp³-hybridized carbons (Fsp3) is 0.800. The van der Waals surface area contributed by atoms with Crippen LogP contribution in [0.3, 0.4) is 0 Å². The Morgan fingerprint density at radius 1 is 1.38 bits per heavy atom. The molecule has 0 saturated heterocycles. The third-order valence-electron chi connectivity index (χ3n) is 3.12. The quantitative estimate of drug-likeness (QED) is 0.658. The van der Waals surface area contributed by atoms with Gasteiger partial charge >= 0.3 is 0 Å². The maximum Gasteiger partial charge on any atom is 0.133 e. The van der Waals surface area contributed by atoms with Gasteiger partial charge in [0.15, 0.2) is 0 Å². The normalized spacial score (nSPS) is 22.0. The number of nitrogens with zero attached hydrogens (tertiary/aromatic N) is 3. The van der Waals surface area contributed by atoms with Gasteiger partial charge in [-0.1, -0.05) is 13.8 Å². The van der Waals surface area contributed by atoms with Crippen molar-refractivity contribution in [1.82, 2.24) is 14.8 Å². The van der Waals surface area contributed by atoms with Crippen LogP contribution in [0.15, 0.2) is 0 Å². The lowest BCUT2D eigenvalue weighted by Gasteiger charge is -2.26. The minimum atomic E-state index is 0.769. The minimum Gasteiger partial charge on any atom is -0.315 e. The topological polar surface area (TPSA) is 30.7 Å². The predicted molar refractivity (Wildman–Crippen MR) is 51.4 cm³/mol. The van der Waals surface area contributed by atoms with Gasteiger partial charge in [-0.3, -0.25) is 0 Å². The zero-order valence-electron chi connectivity index (χ0n) is 8.62. The molecule has 0 spiro atoms. The molecule has 0 fully saturated rings. The van der Waals surface area contributed by atoms with E-state index in [1.165, 1.54) is 12.2 Å². The molecule has 72 valence electrons. The van der Waals surface area contributed by atoms with Gasteiger partial charge in [-0.05, 0) is 25.2 Å². The van der Waals surface area contributed by atoms with Crippen LogP contribution in [0.5, 0.6) is 0 Å². The molecule has 0 N–H and O–H groups in total. The van der Waals surface area contributed by atoms with Crippen LogP contribution < -0.4 is 0 Å². The van der Waals surface area contributed by atoms with Crippen LogP contribution >= 0.6 is 0 Å². The summed E-state index contributed by atoms with van der Waals surface area (Å²) >= 11 is 0. The number of rotatable bonds is 1. The lowest BCUT2D eigenvalue weighted by molar-refractivity contribution is 0.297. The summed E-state index contributed by atoms with van der Waals surface area (Å²) < 4.78 is 2.25. The van der Waals surface area contributed by atoms with Crippen LogP contribution in [0.1, 0.15) is 31.9 Å². The van der Waals surface area contributed by atoms with Crippen molar-refractivity contribution < 1.29 is 0 Å². The highest BCUT2D eigenvalue weighted by Crippen LogP contribution is 2.25. The Labute approximate surface area is 79.2 Å². The standard InChI is InChI=1S/C10H17N3/c1-7(2)9-4-5-13-8(3)11-12-10(13)6-9/h7,9H,4-6H2,1-3H3. The van der Waals surface area contributed by atoms with Crippen molar-refractivity contribution >= 4 is 0 Å². The molecule has 0 aliphatic carbocycles. The van der Waals surface area contributed by atoms with Crippen molar-refractivity contribution in [1.29, 1.82) is 0 Å². The van der Waals surface area contributed by atoms with E-state index in [0.717, 1.165) is 30.6 Å². The van der Waals surface area contributed by atoms with E-state index in [4.69, 9.17) is 0 Å². The van der Waals surface area contributed by atoms with Crippen LogP contribution in [0.4, 0.5) is 0 Å². The summed E-state index contributed by atoms with van der Waals surface area (Å²) in [7, 11) is 0. The molecule has 1 aliphatic heterocycles. The molecule has 1 aliphatic rings. The Morgan fingerprint density at radius 3 is 2.85 bits per heavy atom. The summed E-state index contributed by atoms with van der Waals surface area (Å²) in [6, 6.07) is 0.